The highest BCUT2D eigenvalue weighted by molar-refractivity contribution is 7.98. The minimum atomic E-state index is -0.294. The summed E-state index contributed by atoms with van der Waals surface area (Å²) >= 11 is 2.90. The standard InChI is InChI=1S/C12H13N5S.C12H12N4OS/c1-4-17-10(14)8(6-13)5-9-7(2)15-12(18-3)16-11(9)17;1-4-16-10-9(5-8(6-13)11(16)17)7(2)14-12(15-10)18-3/h5,14H,4H2,1-3H3;5H,4H2,1-3H3. The maximum absolute atomic E-state index is 12.0. The van der Waals surface area contributed by atoms with Gasteiger partial charge in [-0.15, -0.1) is 0 Å². The van der Waals surface area contributed by atoms with Gasteiger partial charge in [0.05, 0.1) is 17.0 Å². The molecule has 4 rings (SSSR count). The molecule has 0 spiro atoms. The Labute approximate surface area is 216 Å². The van der Waals surface area contributed by atoms with Gasteiger partial charge in [0.2, 0.25) is 0 Å². The van der Waals surface area contributed by atoms with Crippen molar-refractivity contribution in [3.63, 3.8) is 0 Å². The summed E-state index contributed by atoms with van der Waals surface area (Å²) in [6.45, 7) is 8.64. The number of fused-ring (bicyclic) bond motifs is 2. The highest BCUT2D eigenvalue weighted by Crippen LogP contribution is 2.20. The fourth-order valence-electron chi connectivity index (χ4n) is 3.69. The van der Waals surface area contributed by atoms with Crippen LogP contribution in [0.2, 0.25) is 0 Å². The molecular weight excluding hydrogens is 494 g/mol. The Kier molecular flexibility index (Phi) is 8.45. The number of hydrogen-bond acceptors (Lipinski definition) is 10. The van der Waals surface area contributed by atoms with Crippen molar-refractivity contribution in [2.45, 2.75) is 51.1 Å². The van der Waals surface area contributed by atoms with Crippen LogP contribution < -0.4 is 11.0 Å². The van der Waals surface area contributed by atoms with E-state index in [1.54, 1.807) is 16.7 Å². The van der Waals surface area contributed by atoms with Crippen molar-refractivity contribution in [1.29, 1.82) is 15.9 Å². The van der Waals surface area contributed by atoms with E-state index in [9.17, 15) is 4.79 Å². The van der Waals surface area contributed by atoms with Crippen molar-refractivity contribution in [1.82, 2.24) is 29.1 Å². The lowest BCUT2D eigenvalue weighted by molar-refractivity contribution is 0.713. The van der Waals surface area contributed by atoms with Gasteiger partial charge in [0.25, 0.3) is 5.56 Å². The van der Waals surface area contributed by atoms with Crippen LogP contribution in [0.25, 0.3) is 22.1 Å². The number of aromatic nitrogens is 6. The maximum atomic E-state index is 12.0. The molecule has 0 atom stereocenters. The molecule has 0 aromatic carbocycles. The number of pyridine rings is 2. The van der Waals surface area contributed by atoms with Crippen molar-refractivity contribution in [2.75, 3.05) is 12.5 Å². The first kappa shape index (κ1) is 26.9. The van der Waals surface area contributed by atoms with Crippen molar-refractivity contribution in [3.8, 4) is 12.1 Å². The molecule has 0 fully saturated rings. The van der Waals surface area contributed by atoms with Crippen LogP contribution in [0.1, 0.15) is 36.4 Å². The second-order valence-corrected chi connectivity index (χ2v) is 9.09. The molecule has 0 unspecified atom stereocenters. The first-order valence-electron chi connectivity index (χ1n) is 11.0. The van der Waals surface area contributed by atoms with Gasteiger partial charge < -0.3 is 4.57 Å². The Morgan fingerprint density at radius 3 is 1.69 bits per heavy atom. The summed E-state index contributed by atoms with van der Waals surface area (Å²) < 4.78 is 3.25. The van der Waals surface area contributed by atoms with Crippen LogP contribution in [0.3, 0.4) is 0 Å². The molecular formula is C24H25N9OS2. The van der Waals surface area contributed by atoms with Gasteiger partial charge in [-0.1, -0.05) is 23.5 Å². The Bertz CT molecular complexity index is 1550. The molecule has 4 heterocycles. The van der Waals surface area contributed by atoms with E-state index in [4.69, 9.17) is 15.9 Å². The topological polar surface area (TPSA) is 150 Å². The van der Waals surface area contributed by atoms with E-state index in [0.717, 1.165) is 27.8 Å². The van der Waals surface area contributed by atoms with Crippen molar-refractivity contribution in [2.24, 2.45) is 0 Å². The first-order valence-corrected chi connectivity index (χ1v) is 13.5. The number of rotatable bonds is 4. The molecule has 0 aliphatic carbocycles. The molecule has 0 saturated carbocycles. The van der Waals surface area contributed by atoms with Gasteiger partial charge in [-0.3, -0.25) is 14.8 Å². The summed E-state index contributed by atoms with van der Waals surface area (Å²) in [6.07, 6.45) is 3.81. The van der Waals surface area contributed by atoms with Crippen LogP contribution in [0, 0.1) is 41.9 Å². The number of hydrogen-bond donors (Lipinski definition) is 1. The minimum Gasteiger partial charge on any atom is -0.310 e. The molecule has 184 valence electrons. The Balaban J connectivity index is 0.000000201. The van der Waals surface area contributed by atoms with E-state index < -0.39 is 0 Å². The summed E-state index contributed by atoms with van der Waals surface area (Å²) in [5.74, 6) is 0. The monoisotopic (exact) mass is 519 g/mol. The summed E-state index contributed by atoms with van der Waals surface area (Å²) in [5, 5.41) is 29.0. The number of thioether (sulfide) groups is 2. The van der Waals surface area contributed by atoms with Crippen molar-refractivity contribution < 1.29 is 0 Å². The van der Waals surface area contributed by atoms with Gasteiger partial charge in [0.15, 0.2) is 10.3 Å². The largest absolute Gasteiger partial charge is 0.310 e. The molecule has 36 heavy (non-hydrogen) atoms. The predicted molar refractivity (Wildman–Crippen MR) is 141 cm³/mol. The fourth-order valence-corrected chi connectivity index (χ4v) is 4.50. The maximum Gasteiger partial charge on any atom is 0.270 e. The fraction of sp³-hybridized carbons (Fsp3) is 0.333. The highest BCUT2D eigenvalue weighted by Gasteiger charge is 2.13. The molecule has 12 heteroatoms. The van der Waals surface area contributed by atoms with E-state index in [1.165, 1.54) is 28.1 Å². The number of nitrogens with one attached hydrogen (secondary N) is 1. The van der Waals surface area contributed by atoms with Crippen LogP contribution in [-0.4, -0.2) is 41.6 Å². The van der Waals surface area contributed by atoms with Crippen molar-refractivity contribution in [3.05, 3.63) is 50.5 Å². The summed E-state index contributed by atoms with van der Waals surface area (Å²) in [5.41, 5.74) is 3.33. The predicted octanol–water partition coefficient (Wildman–Crippen LogP) is 3.55. The van der Waals surface area contributed by atoms with Gasteiger partial charge in [-0.05, 0) is 52.3 Å². The third-order valence-corrected chi connectivity index (χ3v) is 6.61. The summed E-state index contributed by atoms with van der Waals surface area (Å²) in [7, 11) is 0. The van der Waals surface area contributed by atoms with Gasteiger partial charge in [-0.25, -0.2) is 19.9 Å². The smallest absolute Gasteiger partial charge is 0.270 e. The molecule has 4 aromatic rings. The molecule has 0 radical (unpaired) electrons. The Hall–Kier alpha value is -3.74. The molecule has 1 N–H and O–H groups in total. The second-order valence-electron chi connectivity index (χ2n) is 7.55. The second kappa shape index (κ2) is 11.3. The van der Waals surface area contributed by atoms with Crippen LogP contribution >= 0.6 is 23.5 Å². The van der Waals surface area contributed by atoms with Crippen LogP contribution in [0.5, 0.6) is 0 Å². The average Bonchev–Trinajstić information content (AvgIpc) is 2.88. The van der Waals surface area contributed by atoms with E-state index in [1.807, 2.05) is 52.3 Å². The molecule has 0 amide bonds. The van der Waals surface area contributed by atoms with E-state index in [2.05, 4.69) is 19.9 Å². The lowest BCUT2D eigenvalue weighted by Gasteiger charge is -2.11. The van der Waals surface area contributed by atoms with Crippen LogP contribution in [0.15, 0.2) is 27.2 Å². The molecule has 4 aromatic heterocycles. The lowest BCUT2D eigenvalue weighted by Crippen LogP contribution is -2.23. The normalized spacial score (nSPS) is 10.6. The summed E-state index contributed by atoms with van der Waals surface area (Å²) in [6, 6.07) is 7.24. The molecule has 0 aliphatic heterocycles. The molecule has 0 bridgehead atoms. The number of nitrogens with zero attached hydrogens (tertiary/aromatic N) is 8. The third kappa shape index (κ3) is 4.96. The minimum absolute atomic E-state index is 0.132. The third-order valence-electron chi connectivity index (χ3n) is 5.52. The molecule has 0 aliphatic rings. The zero-order valence-electron chi connectivity index (χ0n) is 20.9. The lowest BCUT2D eigenvalue weighted by atomic mass is 10.2. The highest BCUT2D eigenvalue weighted by atomic mass is 32.2. The van der Waals surface area contributed by atoms with Crippen LogP contribution in [0.4, 0.5) is 0 Å². The zero-order chi connectivity index (χ0) is 26.6. The summed E-state index contributed by atoms with van der Waals surface area (Å²) in [4.78, 5) is 29.5. The first-order chi connectivity index (χ1) is 17.2. The number of nitriles is 2. The Morgan fingerprint density at radius 1 is 0.833 bits per heavy atom. The van der Waals surface area contributed by atoms with E-state index in [-0.39, 0.29) is 16.6 Å². The Morgan fingerprint density at radius 2 is 1.28 bits per heavy atom. The van der Waals surface area contributed by atoms with E-state index >= 15 is 0 Å². The van der Waals surface area contributed by atoms with Gasteiger partial charge in [-0.2, -0.15) is 10.5 Å². The molecule has 10 nitrogen and oxygen atoms in total. The van der Waals surface area contributed by atoms with Crippen LogP contribution in [-0.2, 0) is 13.1 Å². The number of aryl methyl sites for hydroxylation is 4. The SMILES string of the molecule is CCn1c(=N)c(C#N)cc2c(C)nc(SC)nc21.CCn1c(=O)c(C#N)cc2c(C)nc(SC)nc21. The van der Waals surface area contributed by atoms with E-state index in [0.29, 0.717) is 34.6 Å². The quantitative estimate of drug-likeness (QED) is 0.315. The van der Waals surface area contributed by atoms with Crippen molar-refractivity contribution >= 4 is 45.6 Å². The van der Waals surface area contributed by atoms with Gasteiger partial charge in [0, 0.05) is 23.9 Å². The van der Waals surface area contributed by atoms with Gasteiger partial charge >= 0.3 is 0 Å². The van der Waals surface area contributed by atoms with Gasteiger partial charge in [0.1, 0.15) is 34.5 Å². The average molecular weight is 520 g/mol. The molecule has 0 saturated heterocycles. The zero-order valence-corrected chi connectivity index (χ0v) is 22.5.